The van der Waals surface area contributed by atoms with E-state index in [9.17, 15) is 79.1 Å². The quantitative estimate of drug-likeness (QED) is 0.0290. The summed E-state index contributed by atoms with van der Waals surface area (Å²) in [5.74, 6) is -1.34. The molecule has 3 heterocycles. The van der Waals surface area contributed by atoms with Crippen molar-refractivity contribution in [3.8, 4) is 0 Å². The van der Waals surface area contributed by atoms with Gasteiger partial charge in [0.15, 0.2) is 18.9 Å². The van der Waals surface area contributed by atoms with Crippen molar-refractivity contribution in [3.05, 3.63) is 0 Å². The summed E-state index contributed by atoms with van der Waals surface area (Å²) in [4.78, 5) is 47.2. The predicted octanol–water partition coefficient (Wildman–Crippen LogP) is 0.338. The van der Waals surface area contributed by atoms with E-state index in [1.54, 1.807) is 13.8 Å². The van der Waals surface area contributed by atoms with Crippen molar-refractivity contribution < 1.29 is 154 Å². The summed E-state index contributed by atoms with van der Waals surface area (Å²) in [5, 5.41) is 90.6. The molecule has 3 saturated heterocycles. The van der Waals surface area contributed by atoms with Gasteiger partial charge in [-0.3, -0.25) is 18.5 Å². The molecule has 0 radical (unpaired) electrons. The van der Waals surface area contributed by atoms with Crippen LogP contribution >= 0.6 is 23.5 Å². The van der Waals surface area contributed by atoms with Crippen LogP contribution in [0.4, 0.5) is 0 Å². The van der Waals surface area contributed by atoms with Gasteiger partial charge < -0.3 is 140 Å². The van der Waals surface area contributed by atoms with Gasteiger partial charge in [0.05, 0.1) is 91.0 Å². The second kappa shape index (κ2) is 51.2. The Morgan fingerprint density at radius 1 is 0.398 bits per heavy atom. The van der Waals surface area contributed by atoms with Crippen molar-refractivity contribution in [3.63, 3.8) is 0 Å². The zero-order valence-corrected chi connectivity index (χ0v) is 57.4. The number of nitrogens with one attached hydrogen (secondary N) is 1. The number of phosphoric ester groups is 3. The van der Waals surface area contributed by atoms with Crippen LogP contribution in [0, 0.1) is 11.8 Å². The van der Waals surface area contributed by atoms with E-state index >= 15 is 0 Å². The van der Waals surface area contributed by atoms with Gasteiger partial charge in [-0.15, -0.1) is 0 Å². The lowest BCUT2D eigenvalue weighted by Crippen LogP contribution is -2.64. The molecule has 3 rings (SSSR count). The van der Waals surface area contributed by atoms with Gasteiger partial charge in [-0.05, 0) is 78.1 Å². The number of hydrogen-bond donors (Lipinski definition) is 10. The third kappa shape index (κ3) is 39.6. The molecule has 3 aliphatic rings. The van der Waals surface area contributed by atoms with Gasteiger partial charge in [0.1, 0.15) is 48.8 Å². The van der Waals surface area contributed by atoms with Crippen LogP contribution in [-0.4, -0.2) is 263 Å². The third-order valence-electron chi connectivity index (χ3n) is 14.6. The number of rotatable bonds is 54. The molecule has 0 saturated carbocycles. The number of amides is 1. The van der Waals surface area contributed by atoms with Crippen molar-refractivity contribution in [1.82, 2.24) is 5.32 Å². The molecule has 0 aliphatic carbocycles. The summed E-state index contributed by atoms with van der Waals surface area (Å²) in [6, 6.07) is -1.02. The standard InChI is InChI=1S/C35H69NO21P2.C22H45O11P/c1-25-30(40)31(41)27(23-37)56-34(25)50-15-7-3-5-9-17-52-58(44,45)54-19-11-13-48-21-22-49-14-12-20-55-59(46,47)53-18-10-6-4-8-16-51-35-29(36-26(2)39)33(43)32(42)28(24-38)57-35;1-17(2)29-13-8-10-28-11-9-15-32-34(26,27)31-14-7-5-4-6-12-30-22-18(3)20(24)21(25)19(16-23)33-22/h25,27-35,37-38,40-43H,3-24H2,1-2H3,(H,36,39)(H,44,45)(H,46,47);17-25H,4-16H2,1-3H3,(H,26,27)/p-3/t25?,27?,28?,29?,30-,31+,32+,33-,34-,35-;18?,19?,20-,21+,22-/m11/s1. The minimum absolute atomic E-state index is 0.0190. The Morgan fingerprint density at radius 2 is 0.677 bits per heavy atom. The Hall–Kier alpha value is -0.960. The molecule has 1 amide bonds. The van der Waals surface area contributed by atoms with E-state index in [0.717, 1.165) is 25.7 Å². The molecule has 0 bridgehead atoms. The molecule has 9 unspecified atom stereocenters. The Bertz CT molecular complexity index is 2010. The van der Waals surface area contributed by atoms with E-state index < -0.39 is 141 Å². The highest BCUT2D eigenvalue weighted by atomic mass is 31.2. The Morgan fingerprint density at radius 3 is 1.00 bits per heavy atom. The van der Waals surface area contributed by atoms with Gasteiger partial charge in [-0.1, -0.05) is 52.4 Å². The number of hydrogen-bond acceptors (Lipinski definition) is 32. The lowest BCUT2D eigenvalue weighted by molar-refractivity contribution is -0.282. The summed E-state index contributed by atoms with van der Waals surface area (Å²) < 4.78 is 120. The first-order chi connectivity index (χ1) is 44.3. The van der Waals surface area contributed by atoms with Crippen molar-refractivity contribution in [1.29, 1.82) is 0 Å². The van der Waals surface area contributed by atoms with Crippen molar-refractivity contribution in [2.24, 2.45) is 11.8 Å². The van der Waals surface area contributed by atoms with E-state index in [2.05, 4.69) is 5.32 Å². The first-order valence-corrected chi connectivity index (χ1v) is 36.8. The van der Waals surface area contributed by atoms with Crippen molar-refractivity contribution in [2.45, 2.75) is 223 Å². The highest BCUT2D eigenvalue weighted by Crippen LogP contribution is 2.40. The molecular weight excluding hydrogens is 1300 g/mol. The highest BCUT2D eigenvalue weighted by Gasteiger charge is 2.46. The molecular formula is C57H111NO32P3-3. The first-order valence-electron chi connectivity index (χ1n) is 32.4. The summed E-state index contributed by atoms with van der Waals surface area (Å²) in [6.07, 6.45) is -2.92. The van der Waals surface area contributed by atoms with Crippen molar-refractivity contribution >= 4 is 29.4 Å². The highest BCUT2D eigenvalue weighted by molar-refractivity contribution is 7.46. The van der Waals surface area contributed by atoms with Gasteiger partial charge in [0.25, 0.3) is 23.5 Å². The fraction of sp³-hybridized carbons (Fsp3) is 0.982. The average Bonchev–Trinajstić information content (AvgIpc) is 0.855. The third-order valence-corrected chi connectivity index (χ3v) is 17.6. The molecule has 33 nitrogen and oxygen atoms in total. The average molecular weight is 1420 g/mol. The minimum atomic E-state index is -4.48. The number of phosphoric acid groups is 3. The Labute approximate surface area is 547 Å². The molecule has 0 aromatic rings. The van der Waals surface area contributed by atoms with E-state index in [-0.39, 0.29) is 78.8 Å². The minimum Gasteiger partial charge on any atom is -0.756 e. The van der Waals surface area contributed by atoms with Crippen LogP contribution in [0.3, 0.4) is 0 Å². The molecule has 10 N–H and O–H groups in total. The summed E-state index contributed by atoms with van der Waals surface area (Å²) in [5.41, 5.74) is 0. The van der Waals surface area contributed by atoms with Crippen LogP contribution in [-0.2, 0) is 93.0 Å². The lowest BCUT2D eigenvalue weighted by atomic mass is 9.92. The van der Waals surface area contributed by atoms with E-state index in [4.69, 9.17) is 74.5 Å². The number of ether oxygens (including phenoxy) is 10. The fourth-order valence-corrected chi connectivity index (χ4v) is 11.6. The molecule has 0 spiro atoms. The number of aliphatic hydroxyl groups excluding tert-OH is 9. The largest absolute Gasteiger partial charge is 0.756 e. The predicted molar refractivity (Wildman–Crippen MR) is 323 cm³/mol. The van der Waals surface area contributed by atoms with Gasteiger partial charge >= 0.3 is 0 Å². The summed E-state index contributed by atoms with van der Waals surface area (Å²) >= 11 is 0. The molecule has 93 heavy (non-hydrogen) atoms. The topological polar surface area (TPSA) is 479 Å². The van der Waals surface area contributed by atoms with E-state index in [1.165, 1.54) is 6.92 Å². The number of carbonyl (C=O) groups is 1. The fourth-order valence-electron chi connectivity index (χ4n) is 9.26. The Balaban J connectivity index is 0.000000734. The van der Waals surface area contributed by atoms with Crippen LogP contribution in [0.25, 0.3) is 0 Å². The lowest BCUT2D eigenvalue weighted by Gasteiger charge is -2.42. The second-order valence-electron chi connectivity index (χ2n) is 22.9. The first kappa shape index (κ1) is 88.1. The monoisotopic (exact) mass is 1410 g/mol. The Kier molecular flexibility index (Phi) is 48.5. The van der Waals surface area contributed by atoms with Crippen LogP contribution in [0.5, 0.6) is 0 Å². The maximum atomic E-state index is 12.0. The number of aliphatic hydroxyl groups is 9. The normalized spacial score (nSPS) is 28.7. The van der Waals surface area contributed by atoms with E-state index in [1.807, 2.05) is 13.8 Å². The van der Waals surface area contributed by atoms with Gasteiger partial charge in [0.2, 0.25) is 5.91 Å². The molecule has 18 atom stereocenters. The summed E-state index contributed by atoms with van der Waals surface area (Å²) in [6.45, 7) is 10.4. The van der Waals surface area contributed by atoms with Gasteiger partial charge in [-0.2, -0.15) is 0 Å². The molecule has 554 valence electrons. The molecule has 0 aromatic carbocycles. The van der Waals surface area contributed by atoms with Crippen LogP contribution in [0.15, 0.2) is 0 Å². The SMILES string of the molecule is CC(=O)NC1[C@H](OCCCCCCOP(=O)([O-])OCCCOCCOCCCOP(=O)([O-])OCCCCCCO[C@@H]2OC(CO)[C@H](O)[C@H](O)C2C)OC(CO)[C@H](O)[C@@H]1O.CC(C)OCCCOCCCOP(=O)([O-])OCCCCCCO[C@@H]1OC(CO)[C@H](O)[C@H](O)C1C. The molecule has 3 aliphatic heterocycles. The van der Waals surface area contributed by atoms with E-state index in [0.29, 0.717) is 110 Å². The molecule has 0 aromatic heterocycles. The zero-order valence-electron chi connectivity index (χ0n) is 54.7. The summed E-state index contributed by atoms with van der Waals surface area (Å²) in [7, 11) is -13.2. The van der Waals surface area contributed by atoms with Gasteiger partial charge in [-0.25, -0.2) is 0 Å². The van der Waals surface area contributed by atoms with Crippen LogP contribution in [0.2, 0.25) is 0 Å². The second-order valence-corrected chi connectivity index (χ2v) is 27.2. The number of carbonyl (C=O) groups excluding carboxylic acids is 1. The maximum Gasteiger partial charge on any atom is 0.267 e. The maximum absolute atomic E-state index is 12.0. The molecule has 3 fully saturated rings. The molecule has 36 heteroatoms. The van der Waals surface area contributed by atoms with Gasteiger partial charge in [0, 0.05) is 71.6 Å². The van der Waals surface area contributed by atoms with Crippen LogP contribution < -0.4 is 20.0 Å². The number of unbranched alkanes of at least 4 members (excludes halogenated alkanes) is 9. The smallest absolute Gasteiger partial charge is 0.267 e. The zero-order chi connectivity index (χ0) is 69.1. The van der Waals surface area contributed by atoms with Crippen molar-refractivity contribution in [2.75, 3.05) is 126 Å². The van der Waals surface area contributed by atoms with Crippen LogP contribution in [0.1, 0.15) is 137 Å².